The molecular weight excluding hydrogens is 242 g/mol. The van der Waals surface area contributed by atoms with E-state index >= 15 is 0 Å². The SMILES string of the molecule is CSCCCNC1CC(C)(C)Oc2ccccc21. The van der Waals surface area contributed by atoms with Crippen LogP contribution in [0.1, 0.15) is 38.3 Å². The predicted octanol–water partition coefficient (Wildman–Crippen LogP) is 3.63. The number of rotatable bonds is 5. The lowest BCUT2D eigenvalue weighted by Crippen LogP contribution is -2.39. The zero-order chi connectivity index (χ0) is 13.0. The van der Waals surface area contributed by atoms with Crippen molar-refractivity contribution in [2.45, 2.75) is 38.3 Å². The Labute approximate surface area is 114 Å². The zero-order valence-corrected chi connectivity index (χ0v) is 12.3. The highest BCUT2D eigenvalue weighted by atomic mass is 32.2. The standard InChI is InChI=1S/C15H23NOS/c1-15(2)11-13(16-9-6-10-18-3)12-7-4-5-8-14(12)17-15/h4-5,7-8,13,16H,6,9-11H2,1-3H3. The van der Waals surface area contributed by atoms with Crippen molar-refractivity contribution in [2.24, 2.45) is 0 Å². The molecule has 1 heterocycles. The molecule has 0 amide bonds. The molecule has 0 radical (unpaired) electrons. The molecule has 3 heteroatoms. The van der Waals surface area contributed by atoms with Crippen LogP contribution in [0.3, 0.4) is 0 Å². The fraction of sp³-hybridized carbons (Fsp3) is 0.600. The van der Waals surface area contributed by atoms with E-state index < -0.39 is 0 Å². The Morgan fingerprint density at radius 2 is 2.17 bits per heavy atom. The third-order valence-corrected chi connectivity index (χ3v) is 3.99. The van der Waals surface area contributed by atoms with E-state index in [1.807, 2.05) is 17.8 Å². The molecule has 2 rings (SSSR count). The number of hydrogen-bond donors (Lipinski definition) is 1. The van der Waals surface area contributed by atoms with Gasteiger partial charge in [-0.2, -0.15) is 11.8 Å². The van der Waals surface area contributed by atoms with Gasteiger partial charge in [0.05, 0.1) is 0 Å². The van der Waals surface area contributed by atoms with Crippen LogP contribution in [-0.4, -0.2) is 24.2 Å². The number of ether oxygens (including phenoxy) is 1. The van der Waals surface area contributed by atoms with Crippen LogP contribution in [0.5, 0.6) is 5.75 Å². The third kappa shape index (κ3) is 3.42. The molecule has 0 aromatic heterocycles. The van der Waals surface area contributed by atoms with Crippen molar-refractivity contribution in [3.8, 4) is 5.75 Å². The van der Waals surface area contributed by atoms with E-state index in [-0.39, 0.29) is 5.60 Å². The van der Waals surface area contributed by atoms with Crippen molar-refractivity contribution >= 4 is 11.8 Å². The lowest BCUT2D eigenvalue weighted by molar-refractivity contribution is 0.0662. The first kappa shape index (κ1) is 13.8. The van der Waals surface area contributed by atoms with Gasteiger partial charge in [0.25, 0.3) is 0 Å². The first-order valence-electron chi connectivity index (χ1n) is 6.63. The summed E-state index contributed by atoms with van der Waals surface area (Å²) >= 11 is 1.91. The molecule has 2 nitrogen and oxygen atoms in total. The molecule has 1 N–H and O–H groups in total. The maximum absolute atomic E-state index is 6.03. The summed E-state index contributed by atoms with van der Waals surface area (Å²) in [6.45, 7) is 5.41. The van der Waals surface area contributed by atoms with Gasteiger partial charge in [-0.25, -0.2) is 0 Å². The van der Waals surface area contributed by atoms with Crippen molar-refractivity contribution in [1.82, 2.24) is 5.32 Å². The van der Waals surface area contributed by atoms with Crippen LogP contribution in [0.2, 0.25) is 0 Å². The molecular formula is C15H23NOS. The summed E-state index contributed by atoms with van der Waals surface area (Å²) in [6.07, 6.45) is 4.41. The first-order valence-corrected chi connectivity index (χ1v) is 8.02. The highest BCUT2D eigenvalue weighted by molar-refractivity contribution is 7.98. The number of fused-ring (bicyclic) bond motifs is 1. The Hall–Kier alpha value is -0.670. The minimum atomic E-state index is -0.0779. The van der Waals surface area contributed by atoms with Crippen LogP contribution in [0, 0.1) is 0 Å². The molecule has 1 aromatic carbocycles. The van der Waals surface area contributed by atoms with Crippen molar-refractivity contribution in [3.63, 3.8) is 0 Å². The average molecular weight is 265 g/mol. The lowest BCUT2D eigenvalue weighted by Gasteiger charge is -2.38. The summed E-state index contributed by atoms with van der Waals surface area (Å²) in [5.41, 5.74) is 1.23. The molecule has 0 fully saturated rings. The molecule has 1 aliphatic heterocycles. The van der Waals surface area contributed by atoms with Gasteiger partial charge in [0.15, 0.2) is 0 Å². The van der Waals surface area contributed by atoms with E-state index in [0.29, 0.717) is 6.04 Å². The molecule has 1 unspecified atom stereocenters. The average Bonchev–Trinajstić information content (AvgIpc) is 2.33. The number of benzene rings is 1. The Morgan fingerprint density at radius 3 is 2.94 bits per heavy atom. The van der Waals surface area contributed by atoms with E-state index in [2.05, 4.69) is 43.6 Å². The fourth-order valence-corrected chi connectivity index (χ4v) is 2.91. The van der Waals surface area contributed by atoms with Crippen LogP contribution in [0.4, 0.5) is 0 Å². The minimum Gasteiger partial charge on any atom is -0.487 e. The van der Waals surface area contributed by atoms with Gasteiger partial charge in [-0.05, 0) is 44.9 Å². The second kappa shape index (κ2) is 5.98. The molecule has 0 saturated carbocycles. The largest absolute Gasteiger partial charge is 0.487 e. The predicted molar refractivity (Wildman–Crippen MR) is 79.5 cm³/mol. The van der Waals surface area contributed by atoms with Crippen molar-refractivity contribution in [2.75, 3.05) is 18.6 Å². The van der Waals surface area contributed by atoms with Gasteiger partial charge < -0.3 is 10.1 Å². The van der Waals surface area contributed by atoms with Crippen LogP contribution >= 0.6 is 11.8 Å². The fourth-order valence-electron chi connectivity index (χ4n) is 2.48. The Morgan fingerprint density at radius 1 is 1.39 bits per heavy atom. The molecule has 0 bridgehead atoms. The molecule has 100 valence electrons. The van der Waals surface area contributed by atoms with Gasteiger partial charge in [-0.3, -0.25) is 0 Å². The van der Waals surface area contributed by atoms with Gasteiger partial charge >= 0.3 is 0 Å². The number of thioether (sulfide) groups is 1. The maximum Gasteiger partial charge on any atom is 0.124 e. The minimum absolute atomic E-state index is 0.0779. The highest BCUT2D eigenvalue weighted by Crippen LogP contribution is 2.39. The highest BCUT2D eigenvalue weighted by Gasteiger charge is 2.32. The second-order valence-electron chi connectivity index (χ2n) is 5.46. The van der Waals surface area contributed by atoms with Crippen molar-refractivity contribution in [1.29, 1.82) is 0 Å². The van der Waals surface area contributed by atoms with Gasteiger partial charge in [-0.15, -0.1) is 0 Å². The lowest BCUT2D eigenvalue weighted by atomic mass is 9.89. The summed E-state index contributed by atoms with van der Waals surface area (Å²) in [5.74, 6) is 2.26. The number of nitrogens with one attached hydrogen (secondary N) is 1. The molecule has 1 aromatic rings. The molecule has 0 spiro atoms. The summed E-state index contributed by atoms with van der Waals surface area (Å²) in [6, 6.07) is 8.82. The smallest absolute Gasteiger partial charge is 0.124 e. The van der Waals surface area contributed by atoms with Crippen LogP contribution in [0.15, 0.2) is 24.3 Å². The molecule has 0 aliphatic carbocycles. The molecule has 1 aliphatic rings. The third-order valence-electron chi connectivity index (χ3n) is 3.29. The quantitative estimate of drug-likeness (QED) is 0.821. The van der Waals surface area contributed by atoms with E-state index in [1.165, 1.54) is 17.7 Å². The normalized spacial score (nSPS) is 21.2. The van der Waals surface area contributed by atoms with E-state index in [1.54, 1.807) is 0 Å². The molecule has 0 saturated heterocycles. The Bertz CT molecular complexity index is 392. The first-order chi connectivity index (χ1) is 8.62. The zero-order valence-electron chi connectivity index (χ0n) is 11.5. The number of para-hydroxylation sites is 1. The van der Waals surface area contributed by atoms with E-state index in [0.717, 1.165) is 18.7 Å². The van der Waals surface area contributed by atoms with Gasteiger partial charge in [-0.1, -0.05) is 18.2 Å². The van der Waals surface area contributed by atoms with Gasteiger partial charge in [0, 0.05) is 18.0 Å². The van der Waals surface area contributed by atoms with Crippen LogP contribution < -0.4 is 10.1 Å². The molecule has 1 atom stereocenters. The monoisotopic (exact) mass is 265 g/mol. The Kier molecular flexibility index (Phi) is 4.57. The van der Waals surface area contributed by atoms with E-state index in [9.17, 15) is 0 Å². The summed E-state index contributed by atoms with van der Waals surface area (Å²) in [7, 11) is 0. The topological polar surface area (TPSA) is 21.3 Å². The summed E-state index contributed by atoms with van der Waals surface area (Å²) in [5, 5.41) is 3.67. The second-order valence-corrected chi connectivity index (χ2v) is 6.44. The summed E-state index contributed by atoms with van der Waals surface area (Å²) in [4.78, 5) is 0. The van der Waals surface area contributed by atoms with Gasteiger partial charge in [0.2, 0.25) is 0 Å². The molecule has 18 heavy (non-hydrogen) atoms. The van der Waals surface area contributed by atoms with E-state index in [4.69, 9.17) is 4.74 Å². The summed E-state index contributed by atoms with van der Waals surface area (Å²) < 4.78 is 6.03. The maximum atomic E-state index is 6.03. The van der Waals surface area contributed by atoms with Gasteiger partial charge in [0.1, 0.15) is 11.4 Å². The Balaban J connectivity index is 2.05. The van der Waals surface area contributed by atoms with Crippen molar-refractivity contribution in [3.05, 3.63) is 29.8 Å². The number of hydrogen-bond acceptors (Lipinski definition) is 3. The van der Waals surface area contributed by atoms with Crippen LogP contribution in [-0.2, 0) is 0 Å². The van der Waals surface area contributed by atoms with Crippen LogP contribution in [0.25, 0.3) is 0 Å². The van der Waals surface area contributed by atoms with Crippen molar-refractivity contribution < 1.29 is 4.74 Å².